The zero-order valence-electron chi connectivity index (χ0n) is 11.3. The van der Waals surface area contributed by atoms with E-state index >= 15 is 0 Å². The topological polar surface area (TPSA) is 56.5 Å². The van der Waals surface area contributed by atoms with Crippen LogP contribution in [0, 0.1) is 18.3 Å². The second-order valence-electron chi connectivity index (χ2n) is 4.89. The number of aliphatic hydroxyl groups is 1. The van der Waals surface area contributed by atoms with E-state index in [4.69, 9.17) is 15.1 Å². The molecule has 4 nitrogen and oxygen atoms in total. The number of anilines is 1. The maximum absolute atomic E-state index is 8.94. The highest BCUT2D eigenvalue weighted by Gasteiger charge is 2.20. The van der Waals surface area contributed by atoms with Crippen molar-refractivity contribution in [2.45, 2.75) is 25.9 Å². The highest BCUT2D eigenvalue weighted by atomic mass is 16.5. The van der Waals surface area contributed by atoms with Crippen molar-refractivity contribution in [3.63, 3.8) is 0 Å². The average molecular weight is 260 g/mol. The number of rotatable bonds is 4. The van der Waals surface area contributed by atoms with Gasteiger partial charge in [-0.1, -0.05) is 0 Å². The van der Waals surface area contributed by atoms with E-state index in [1.165, 1.54) is 5.69 Å². The molecule has 102 valence electrons. The Labute approximate surface area is 114 Å². The minimum atomic E-state index is 0.0923. The molecule has 19 heavy (non-hydrogen) atoms. The molecule has 1 aliphatic rings. The molecule has 1 aromatic carbocycles. The molecular formula is C15H20N2O2. The van der Waals surface area contributed by atoms with Crippen LogP contribution < -0.4 is 4.90 Å². The van der Waals surface area contributed by atoms with E-state index < -0.39 is 0 Å². The Kier molecular flexibility index (Phi) is 4.78. The van der Waals surface area contributed by atoms with Gasteiger partial charge in [0.2, 0.25) is 0 Å². The molecule has 0 spiro atoms. The molecule has 1 aromatic rings. The van der Waals surface area contributed by atoms with Crippen LogP contribution in [0.2, 0.25) is 0 Å². The fourth-order valence-electron chi connectivity index (χ4n) is 2.47. The molecule has 0 unspecified atom stereocenters. The van der Waals surface area contributed by atoms with Gasteiger partial charge >= 0.3 is 0 Å². The molecule has 0 aliphatic carbocycles. The van der Waals surface area contributed by atoms with Crippen LogP contribution in [-0.4, -0.2) is 37.5 Å². The molecule has 2 rings (SSSR count). The lowest BCUT2D eigenvalue weighted by molar-refractivity contribution is 0.0159. The fourth-order valence-corrected chi connectivity index (χ4v) is 2.47. The molecular weight excluding hydrogens is 240 g/mol. The molecule has 1 fully saturated rings. The zero-order valence-corrected chi connectivity index (χ0v) is 11.3. The second-order valence-corrected chi connectivity index (χ2v) is 4.89. The number of ether oxygens (including phenoxy) is 1. The monoisotopic (exact) mass is 260 g/mol. The Hall–Kier alpha value is -1.57. The zero-order chi connectivity index (χ0) is 13.7. The highest BCUT2D eigenvalue weighted by molar-refractivity contribution is 5.53. The van der Waals surface area contributed by atoms with Crippen LogP contribution in [0.25, 0.3) is 0 Å². The minimum absolute atomic E-state index is 0.0923. The largest absolute Gasteiger partial charge is 0.394 e. The maximum Gasteiger partial charge on any atom is 0.0994 e. The normalized spacial score (nSPS) is 16.4. The summed E-state index contributed by atoms with van der Waals surface area (Å²) >= 11 is 0. The quantitative estimate of drug-likeness (QED) is 0.897. The number of aliphatic hydroxyl groups excluding tert-OH is 1. The third-order valence-corrected chi connectivity index (χ3v) is 3.58. The summed E-state index contributed by atoms with van der Waals surface area (Å²) in [5.74, 6) is 0. The molecule has 0 aromatic heterocycles. The van der Waals surface area contributed by atoms with Crippen LogP contribution in [0.5, 0.6) is 0 Å². The second kappa shape index (κ2) is 6.55. The van der Waals surface area contributed by atoms with Crippen molar-refractivity contribution in [1.82, 2.24) is 0 Å². The number of hydrogen-bond donors (Lipinski definition) is 1. The summed E-state index contributed by atoms with van der Waals surface area (Å²) in [6.45, 7) is 4.41. The van der Waals surface area contributed by atoms with Gasteiger partial charge in [0, 0.05) is 18.8 Å². The molecule has 0 amide bonds. The molecule has 0 atom stereocenters. The number of piperidine rings is 1. The van der Waals surface area contributed by atoms with Crippen LogP contribution in [0.3, 0.4) is 0 Å². The van der Waals surface area contributed by atoms with Crippen LogP contribution in [0.4, 0.5) is 5.69 Å². The van der Waals surface area contributed by atoms with Gasteiger partial charge in [0.25, 0.3) is 0 Å². The van der Waals surface area contributed by atoms with E-state index in [9.17, 15) is 0 Å². The van der Waals surface area contributed by atoms with Gasteiger partial charge in [0.1, 0.15) is 0 Å². The smallest absolute Gasteiger partial charge is 0.0994 e. The lowest BCUT2D eigenvalue weighted by Crippen LogP contribution is -2.37. The van der Waals surface area contributed by atoms with Gasteiger partial charge in [-0.25, -0.2) is 0 Å². The van der Waals surface area contributed by atoms with Crippen molar-refractivity contribution < 1.29 is 9.84 Å². The van der Waals surface area contributed by atoms with E-state index in [1.54, 1.807) is 0 Å². The minimum Gasteiger partial charge on any atom is -0.394 e. The number of hydrogen-bond acceptors (Lipinski definition) is 4. The van der Waals surface area contributed by atoms with Gasteiger partial charge in [-0.15, -0.1) is 0 Å². The Morgan fingerprint density at radius 1 is 1.42 bits per heavy atom. The summed E-state index contributed by atoms with van der Waals surface area (Å²) in [7, 11) is 0. The van der Waals surface area contributed by atoms with Crippen molar-refractivity contribution in [3.05, 3.63) is 29.3 Å². The van der Waals surface area contributed by atoms with Crippen molar-refractivity contribution >= 4 is 5.69 Å². The van der Waals surface area contributed by atoms with Crippen molar-refractivity contribution in [2.24, 2.45) is 0 Å². The van der Waals surface area contributed by atoms with Crippen LogP contribution >= 0.6 is 0 Å². The summed E-state index contributed by atoms with van der Waals surface area (Å²) in [6.07, 6.45) is 2.24. The molecule has 1 heterocycles. The van der Waals surface area contributed by atoms with E-state index in [-0.39, 0.29) is 12.7 Å². The maximum atomic E-state index is 8.94. The van der Waals surface area contributed by atoms with Gasteiger partial charge in [0.15, 0.2) is 0 Å². The summed E-state index contributed by atoms with van der Waals surface area (Å²) in [5, 5.41) is 17.7. The van der Waals surface area contributed by atoms with Gasteiger partial charge in [-0.3, -0.25) is 0 Å². The summed E-state index contributed by atoms with van der Waals surface area (Å²) < 4.78 is 5.56. The van der Waals surface area contributed by atoms with Gasteiger partial charge in [-0.05, 0) is 43.5 Å². The summed E-state index contributed by atoms with van der Waals surface area (Å²) in [6, 6.07) is 8.17. The Morgan fingerprint density at radius 3 is 2.74 bits per heavy atom. The number of benzene rings is 1. The lowest BCUT2D eigenvalue weighted by atomic mass is 10.0. The summed E-state index contributed by atoms with van der Waals surface area (Å²) in [5.41, 5.74) is 2.95. The first kappa shape index (κ1) is 13.9. The van der Waals surface area contributed by atoms with Crippen LogP contribution in [0.15, 0.2) is 18.2 Å². The van der Waals surface area contributed by atoms with E-state index in [0.717, 1.165) is 37.1 Å². The first-order valence-corrected chi connectivity index (χ1v) is 6.72. The molecule has 1 saturated heterocycles. The lowest BCUT2D eigenvalue weighted by Gasteiger charge is -2.33. The average Bonchev–Trinajstić information content (AvgIpc) is 2.45. The van der Waals surface area contributed by atoms with Gasteiger partial charge in [0.05, 0.1) is 31.0 Å². The van der Waals surface area contributed by atoms with Crippen molar-refractivity contribution in [1.29, 1.82) is 5.26 Å². The third kappa shape index (κ3) is 3.46. The first-order valence-electron chi connectivity index (χ1n) is 6.72. The van der Waals surface area contributed by atoms with Gasteiger partial charge in [-0.2, -0.15) is 5.26 Å². The van der Waals surface area contributed by atoms with Gasteiger partial charge < -0.3 is 14.7 Å². The van der Waals surface area contributed by atoms with E-state index in [0.29, 0.717) is 6.61 Å². The number of nitriles is 1. The standard InChI is InChI=1S/C15H20N2O2/c1-12-10-14(3-2-13(12)11-16)17-6-4-15(5-7-17)19-9-8-18/h2-3,10,15,18H,4-9H2,1H3. The van der Waals surface area contributed by atoms with Crippen LogP contribution in [0.1, 0.15) is 24.0 Å². The molecule has 0 saturated carbocycles. The molecule has 0 bridgehead atoms. The highest BCUT2D eigenvalue weighted by Crippen LogP contribution is 2.23. The van der Waals surface area contributed by atoms with E-state index in [2.05, 4.69) is 17.0 Å². The van der Waals surface area contributed by atoms with E-state index in [1.807, 2.05) is 19.1 Å². The SMILES string of the molecule is Cc1cc(N2CCC(OCCO)CC2)ccc1C#N. The third-order valence-electron chi connectivity index (χ3n) is 3.58. The summed E-state index contributed by atoms with van der Waals surface area (Å²) in [4.78, 5) is 2.33. The number of aryl methyl sites for hydroxylation is 1. The molecule has 1 aliphatic heterocycles. The Morgan fingerprint density at radius 2 is 2.16 bits per heavy atom. The Balaban J connectivity index is 1.94. The predicted octanol–water partition coefficient (Wildman–Crippen LogP) is 1.84. The first-order chi connectivity index (χ1) is 9.24. The predicted molar refractivity (Wildman–Crippen MR) is 74.2 cm³/mol. The van der Waals surface area contributed by atoms with Crippen molar-refractivity contribution in [3.8, 4) is 6.07 Å². The fraction of sp³-hybridized carbons (Fsp3) is 0.533. The Bertz CT molecular complexity index is 460. The van der Waals surface area contributed by atoms with Crippen molar-refractivity contribution in [2.75, 3.05) is 31.2 Å². The molecule has 4 heteroatoms. The number of nitrogens with zero attached hydrogens (tertiary/aromatic N) is 2. The molecule has 1 N–H and O–H groups in total. The van der Waals surface area contributed by atoms with Crippen LogP contribution in [-0.2, 0) is 4.74 Å². The molecule has 0 radical (unpaired) electrons.